The van der Waals surface area contributed by atoms with E-state index in [-0.39, 0.29) is 11.3 Å². The summed E-state index contributed by atoms with van der Waals surface area (Å²) in [6, 6.07) is 8.68. The van der Waals surface area contributed by atoms with Crippen molar-refractivity contribution >= 4 is 5.69 Å². The van der Waals surface area contributed by atoms with E-state index in [1.807, 2.05) is 6.07 Å². The number of hydrogen-bond donors (Lipinski definition) is 2. The molecule has 0 fully saturated rings. The number of hydrogen-bond acceptors (Lipinski definition) is 5. The van der Waals surface area contributed by atoms with Crippen LogP contribution in [0.15, 0.2) is 30.0 Å². The van der Waals surface area contributed by atoms with Gasteiger partial charge in [-0.2, -0.15) is 10.5 Å². The zero-order chi connectivity index (χ0) is 15.0. The largest absolute Gasteiger partial charge is 0.508 e. The van der Waals surface area contributed by atoms with E-state index >= 15 is 0 Å². The molecule has 0 spiro atoms. The number of nitrogens with one attached hydrogen (secondary N) is 1. The highest BCUT2D eigenvalue weighted by Crippen LogP contribution is 2.23. The molecular formula is C15H18N4O. The second-order valence-electron chi connectivity index (χ2n) is 4.23. The minimum Gasteiger partial charge on any atom is -0.508 e. The Morgan fingerprint density at radius 2 is 1.95 bits per heavy atom. The van der Waals surface area contributed by atoms with Gasteiger partial charge in [0, 0.05) is 24.0 Å². The smallest absolute Gasteiger partial charge is 0.145 e. The number of anilines is 1. The summed E-state index contributed by atoms with van der Waals surface area (Å²) in [5.41, 5.74) is 1.54. The lowest BCUT2D eigenvalue weighted by Gasteiger charge is -2.19. The molecule has 0 aliphatic rings. The van der Waals surface area contributed by atoms with Crippen LogP contribution in [0.25, 0.3) is 0 Å². The zero-order valence-electron chi connectivity index (χ0n) is 11.7. The molecule has 0 saturated carbocycles. The first-order valence-electron chi connectivity index (χ1n) is 6.45. The molecule has 0 aliphatic carbocycles. The molecule has 0 saturated heterocycles. The predicted molar refractivity (Wildman–Crippen MR) is 77.7 cm³/mol. The molecule has 0 aliphatic heterocycles. The number of phenols is 1. The molecule has 1 aromatic carbocycles. The average molecular weight is 270 g/mol. The van der Waals surface area contributed by atoms with Crippen molar-refractivity contribution in [3.8, 4) is 17.9 Å². The number of benzene rings is 1. The Morgan fingerprint density at radius 3 is 2.50 bits per heavy atom. The van der Waals surface area contributed by atoms with Gasteiger partial charge in [-0.15, -0.1) is 0 Å². The summed E-state index contributed by atoms with van der Waals surface area (Å²) >= 11 is 0. The third kappa shape index (κ3) is 4.31. The highest BCUT2D eigenvalue weighted by atomic mass is 16.3. The van der Waals surface area contributed by atoms with Gasteiger partial charge in [0.05, 0.1) is 0 Å². The Bertz CT molecular complexity index is 546. The highest BCUT2D eigenvalue weighted by Gasteiger charge is 2.07. The van der Waals surface area contributed by atoms with E-state index in [4.69, 9.17) is 10.5 Å². The fourth-order valence-electron chi connectivity index (χ4n) is 1.74. The second kappa shape index (κ2) is 7.83. The molecule has 0 unspecified atom stereocenters. The first kappa shape index (κ1) is 15.6. The van der Waals surface area contributed by atoms with Crippen LogP contribution >= 0.6 is 0 Å². The van der Waals surface area contributed by atoms with Crippen LogP contribution in [0.5, 0.6) is 5.75 Å². The van der Waals surface area contributed by atoms with Gasteiger partial charge in [-0.1, -0.05) is 13.8 Å². The normalized spacial score (nSPS) is 9.65. The van der Waals surface area contributed by atoms with Crippen molar-refractivity contribution in [3.63, 3.8) is 0 Å². The van der Waals surface area contributed by atoms with Crippen molar-refractivity contribution in [1.82, 2.24) is 4.90 Å². The molecule has 20 heavy (non-hydrogen) atoms. The maximum Gasteiger partial charge on any atom is 0.145 e. The number of phenolic OH excluding ortho intramolecular Hbond substituents is 1. The standard InChI is InChI=1S/C15H18N4O/c1-3-19(4-2)11-13-7-14(5-6-15(13)20)18-10-12(8-16)9-17/h5-7,10,18,20H,3-4,11H2,1-2H3. The van der Waals surface area contributed by atoms with Gasteiger partial charge >= 0.3 is 0 Å². The van der Waals surface area contributed by atoms with E-state index in [0.717, 1.165) is 24.3 Å². The van der Waals surface area contributed by atoms with E-state index in [2.05, 4.69) is 24.1 Å². The number of aromatic hydroxyl groups is 1. The predicted octanol–water partition coefficient (Wildman–Crippen LogP) is 2.58. The van der Waals surface area contributed by atoms with Crippen LogP contribution in [-0.2, 0) is 6.54 Å². The van der Waals surface area contributed by atoms with Crippen LogP contribution in [0.4, 0.5) is 5.69 Å². The molecule has 1 rings (SSSR count). The van der Waals surface area contributed by atoms with Gasteiger partial charge in [0.2, 0.25) is 0 Å². The minimum absolute atomic E-state index is 0.00312. The van der Waals surface area contributed by atoms with E-state index in [1.165, 1.54) is 6.20 Å². The Kier molecular flexibility index (Phi) is 6.09. The molecule has 104 valence electrons. The second-order valence-corrected chi connectivity index (χ2v) is 4.23. The van der Waals surface area contributed by atoms with Gasteiger partial charge in [-0.3, -0.25) is 4.90 Å². The Labute approximate surface area is 119 Å². The molecule has 0 aromatic heterocycles. The van der Waals surface area contributed by atoms with E-state index in [9.17, 15) is 5.11 Å². The van der Waals surface area contributed by atoms with Crippen molar-refractivity contribution in [2.75, 3.05) is 18.4 Å². The first-order valence-corrected chi connectivity index (χ1v) is 6.45. The Hall–Kier alpha value is -2.50. The molecule has 0 atom stereocenters. The first-order chi connectivity index (χ1) is 9.64. The maximum absolute atomic E-state index is 9.87. The highest BCUT2D eigenvalue weighted by molar-refractivity contribution is 5.54. The summed E-state index contributed by atoms with van der Waals surface area (Å²) in [6.45, 7) is 6.59. The molecule has 5 nitrogen and oxygen atoms in total. The van der Waals surface area contributed by atoms with Crippen molar-refractivity contribution in [2.24, 2.45) is 0 Å². The molecule has 0 heterocycles. The SMILES string of the molecule is CCN(CC)Cc1cc(NC=C(C#N)C#N)ccc1O. The van der Waals surface area contributed by atoms with Gasteiger partial charge in [-0.05, 0) is 31.3 Å². The lowest BCUT2D eigenvalue weighted by Crippen LogP contribution is -2.22. The number of nitrogens with zero attached hydrogens (tertiary/aromatic N) is 3. The monoisotopic (exact) mass is 270 g/mol. The van der Waals surface area contributed by atoms with Crippen LogP contribution in [0.2, 0.25) is 0 Å². The summed E-state index contributed by atoms with van der Waals surface area (Å²) in [7, 11) is 0. The van der Waals surface area contributed by atoms with Crippen molar-refractivity contribution in [1.29, 1.82) is 10.5 Å². The fraction of sp³-hybridized carbons (Fsp3) is 0.333. The maximum atomic E-state index is 9.87. The lowest BCUT2D eigenvalue weighted by atomic mass is 10.1. The van der Waals surface area contributed by atoms with E-state index < -0.39 is 0 Å². The van der Waals surface area contributed by atoms with Crippen LogP contribution in [-0.4, -0.2) is 23.1 Å². The summed E-state index contributed by atoms with van der Waals surface area (Å²) < 4.78 is 0. The van der Waals surface area contributed by atoms with Gasteiger partial charge < -0.3 is 10.4 Å². The summed E-state index contributed by atoms with van der Waals surface area (Å²) in [4.78, 5) is 2.19. The molecule has 0 amide bonds. The van der Waals surface area contributed by atoms with Crippen molar-refractivity contribution in [2.45, 2.75) is 20.4 Å². The van der Waals surface area contributed by atoms with Crippen LogP contribution in [0, 0.1) is 22.7 Å². The summed E-state index contributed by atoms with van der Waals surface area (Å²) in [5.74, 6) is 0.243. The summed E-state index contributed by atoms with van der Waals surface area (Å²) in [5, 5.41) is 30.1. The average Bonchev–Trinajstić information content (AvgIpc) is 2.48. The molecule has 0 bridgehead atoms. The topological polar surface area (TPSA) is 83.1 Å². The van der Waals surface area contributed by atoms with Crippen LogP contribution in [0.3, 0.4) is 0 Å². The minimum atomic E-state index is 0.00312. The number of allylic oxidation sites excluding steroid dienone is 1. The Morgan fingerprint density at radius 1 is 1.30 bits per heavy atom. The van der Waals surface area contributed by atoms with Gasteiger partial charge in [-0.25, -0.2) is 0 Å². The molecule has 2 N–H and O–H groups in total. The van der Waals surface area contributed by atoms with Gasteiger partial charge in [0.1, 0.15) is 23.5 Å². The van der Waals surface area contributed by atoms with E-state index in [0.29, 0.717) is 6.54 Å². The lowest BCUT2D eigenvalue weighted by molar-refractivity contribution is 0.291. The third-order valence-electron chi connectivity index (χ3n) is 2.99. The number of rotatable bonds is 6. The molecular weight excluding hydrogens is 252 g/mol. The van der Waals surface area contributed by atoms with Crippen LogP contribution in [0.1, 0.15) is 19.4 Å². The zero-order valence-corrected chi connectivity index (χ0v) is 11.7. The molecule has 5 heteroatoms. The van der Waals surface area contributed by atoms with Gasteiger partial charge in [0.25, 0.3) is 0 Å². The van der Waals surface area contributed by atoms with Crippen LogP contribution < -0.4 is 5.32 Å². The quantitative estimate of drug-likeness (QED) is 0.613. The van der Waals surface area contributed by atoms with Gasteiger partial charge in [0.15, 0.2) is 0 Å². The molecule has 1 aromatic rings. The van der Waals surface area contributed by atoms with E-state index in [1.54, 1.807) is 24.3 Å². The Balaban J connectivity index is 2.89. The van der Waals surface area contributed by atoms with Crippen molar-refractivity contribution < 1.29 is 5.11 Å². The molecule has 0 radical (unpaired) electrons. The summed E-state index contributed by atoms with van der Waals surface area (Å²) in [6.07, 6.45) is 1.35. The van der Waals surface area contributed by atoms with Crippen molar-refractivity contribution in [3.05, 3.63) is 35.5 Å². The third-order valence-corrected chi connectivity index (χ3v) is 2.99. The fourth-order valence-corrected chi connectivity index (χ4v) is 1.74. The number of nitriles is 2.